The maximum Gasteiger partial charge on any atom is 0.144 e. The van der Waals surface area contributed by atoms with Gasteiger partial charge in [-0.2, -0.15) is 0 Å². The van der Waals surface area contributed by atoms with E-state index < -0.39 is 11.4 Å². The highest BCUT2D eigenvalue weighted by atomic mass is 79.9. The Morgan fingerprint density at radius 2 is 2.19 bits per heavy atom. The van der Waals surface area contributed by atoms with Crippen LogP contribution < -0.4 is 0 Å². The van der Waals surface area contributed by atoms with E-state index in [0.29, 0.717) is 5.02 Å². The van der Waals surface area contributed by atoms with Gasteiger partial charge in [-0.1, -0.05) is 22.1 Å². The van der Waals surface area contributed by atoms with Gasteiger partial charge in [0.2, 0.25) is 0 Å². The molecule has 0 aromatic heterocycles. The molecule has 0 N–H and O–H groups in total. The summed E-state index contributed by atoms with van der Waals surface area (Å²) in [5, 5.41) is 0.698. The Labute approximate surface area is 143 Å². The van der Waals surface area contributed by atoms with Gasteiger partial charge in [0, 0.05) is 16.0 Å². The Morgan fingerprint density at radius 1 is 1.52 bits per heavy atom. The number of fused-ring (bicyclic) bond motifs is 1. The Hall–Kier alpha value is -0.290. The van der Waals surface area contributed by atoms with Gasteiger partial charge in [-0.15, -0.1) is 6.58 Å². The van der Waals surface area contributed by atoms with Crippen molar-refractivity contribution in [2.75, 3.05) is 0 Å². The Bertz CT molecular complexity index is 595. The topological polar surface area (TPSA) is 35.4 Å². The lowest BCUT2D eigenvalue weighted by Gasteiger charge is -2.20. The zero-order valence-electron chi connectivity index (χ0n) is 12.5. The van der Waals surface area contributed by atoms with E-state index >= 15 is 0 Å². The highest BCUT2D eigenvalue weighted by molar-refractivity contribution is 9.10. The molecular weight excluding hydrogens is 370 g/mol. The Morgan fingerprint density at radius 3 is 2.76 bits per heavy atom. The largest absolute Gasteiger partial charge is 0.591 e. The van der Waals surface area contributed by atoms with Crippen molar-refractivity contribution in [2.45, 2.75) is 38.4 Å². The van der Waals surface area contributed by atoms with Crippen LogP contribution in [0.25, 0.3) is 0 Å². The molecule has 1 aromatic carbocycles. The van der Waals surface area contributed by atoms with Crippen LogP contribution in [0, 0.1) is 5.92 Å². The van der Waals surface area contributed by atoms with Crippen molar-refractivity contribution >= 4 is 44.6 Å². The smallest absolute Gasteiger partial charge is 0.144 e. The van der Waals surface area contributed by atoms with Crippen molar-refractivity contribution in [3.05, 3.63) is 45.4 Å². The second kappa shape index (κ2) is 6.45. The van der Waals surface area contributed by atoms with Crippen molar-refractivity contribution in [2.24, 2.45) is 10.3 Å². The van der Waals surface area contributed by atoms with Crippen LogP contribution in [0.5, 0.6) is 0 Å². The number of hydrogen-bond donors (Lipinski definition) is 0. The summed E-state index contributed by atoms with van der Waals surface area (Å²) >= 11 is 8.37. The molecule has 1 aromatic rings. The summed E-state index contributed by atoms with van der Waals surface area (Å²) in [5.41, 5.74) is 3.13. The van der Waals surface area contributed by atoms with Gasteiger partial charge in [-0.3, -0.25) is 0 Å². The van der Waals surface area contributed by atoms with Crippen LogP contribution in [0.3, 0.4) is 0 Å². The lowest BCUT2D eigenvalue weighted by Crippen LogP contribution is -2.27. The number of rotatable bonds is 3. The highest BCUT2D eigenvalue weighted by Gasteiger charge is 2.34. The summed E-state index contributed by atoms with van der Waals surface area (Å²) in [6.45, 7) is 9.62. The first kappa shape index (κ1) is 17.1. The van der Waals surface area contributed by atoms with E-state index in [1.807, 2.05) is 39.0 Å². The van der Waals surface area contributed by atoms with Gasteiger partial charge in [0.25, 0.3) is 0 Å². The number of allylic oxidation sites excluding steroid dienone is 1. The average molecular weight is 389 g/mol. The normalized spacial score (nSPS) is 21.4. The summed E-state index contributed by atoms with van der Waals surface area (Å²) in [6.07, 6.45) is 3.58. The molecular formula is C16H19BrClNOS. The van der Waals surface area contributed by atoms with Crippen LogP contribution in [0.2, 0.25) is 5.02 Å². The minimum atomic E-state index is -1.27. The quantitative estimate of drug-likeness (QED) is 0.524. The molecule has 1 aliphatic carbocycles. The van der Waals surface area contributed by atoms with E-state index in [1.165, 1.54) is 5.56 Å². The predicted molar refractivity (Wildman–Crippen MR) is 95.6 cm³/mol. The summed E-state index contributed by atoms with van der Waals surface area (Å²) in [4.78, 5) is 0. The third-order valence-corrected chi connectivity index (χ3v) is 6.04. The fourth-order valence-electron chi connectivity index (χ4n) is 2.32. The molecule has 0 radical (unpaired) electrons. The van der Waals surface area contributed by atoms with Crippen LogP contribution >= 0.6 is 27.5 Å². The van der Waals surface area contributed by atoms with E-state index in [2.05, 4.69) is 26.9 Å². The molecule has 0 fully saturated rings. The van der Waals surface area contributed by atoms with E-state index in [9.17, 15) is 4.55 Å². The van der Waals surface area contributed by atoms with E-state index in [-0.39, 0.29) is 10.7 Å². The molecule has 0 aliphatic heterocycles. The molecule has 2 rings (SSSR count). The van der Waals surface area contributed by atoms with Gasteiger partial charge in [0.1, 0.15) is 21.8 Å². The van der Waals surface area contributed by atoms with Crippen LogP contribution in [0.1, 0.15) is 38.3 Å². The number of hydrogen-bond acceptors (Lipinski definition) is 2. The predicted octanol–water partition coefficient (Wildman–Crippen LogP) is 5.10. The molecule has 0 saturated heterocycles. The molecule has 21 heavy (non-hydrogen) atoms. The SMILES string of the molecule is C=CC[C@H]1Cc2cc(Cl)c(Br)cc2C1=N[S+]([O-])C(C)(C)C. The fraction of sp³-hybridized carbons (Fsp3) is 0.438. The minimum absolute atomic E-state index is 0.231. The summed E-state index contributed by atoms with van der Waals surface area (Å²) in [6, 6.07) is 3.96. The second-order valence-corrected chi connectivity index (χ2v) is 9.35. The average Bonchev–Trinajstić information content (AvgIpc) is 2.67. The third-order valence-electron chi connectivity index (χ3n) is 3.43. The zero-order valence-corrected chi connectivity index (χ0v) is 15.6. The molecule has 0 saturated carbocycles. The van der Waals surface area contributed by atoms with Crippen molar-refractivity contribution in [1.82, 2.24) is 0 Å². The maximum atomic E-state index is 12.4. The molecule has 1 aliphatic rings. The van der Waals surface area contributed by atoms with Gasteiger partial charge in [0.05, 0.1) is 5.02 Å². The number of nitrogens with zero attached hydrogens (tertiary/aromatic N) is 1. The summed E-state index contributed by atoms with van der Waals surface area (Å²) in [7, 11) is 0. The first-order valence-electron chi connectivity index (χ1n) is 6.83. The molecule has 2 atom stereocenters. The molecule has 0 spiro atoms. The Kier molecular flexibility index (Phi) is 5.24. The molecule has 5 heteroatoms. The van der Waals surface area contributed by atoms with Gasteiger partial charge < -0.3 is 4.55 Å². The van der Waals surface area contributed by atoms with E-state index in [4.69, 9.17) is 11.6 Å². The summed E-state index contributed by atoms with van der Waals surface area (Å²) in [5.74, 6) is 0.231. The summed E-state index contributed by atoms with van der Waals surface area (Å²) < 4.78 is 17.4. The lowest BCUT2D eigenvalue weighted by molar-refractivity contribution is 0.561. The molecule has 0 heterocycles. The van der Waals surface area contributed by atoms with Gasteiger partial charge >= 0.3 is 0 Å². The monoisotopic (exact) mass is 387 g/mol. The standard InChI is InChI=1S/C16H19BrClNOS/c1-5-6-10-7-11-8-14(18)13(17)9-12(11)15(10)19-21(20)16(2,3)4/h5,8-10H,1,6-7H2,2-4H3/t10-,21?/m0/s1. The molecule has 114 valence electrons. The first-order chi connectivity index (χ1) is 9.74. The third kappa shape index (κ3) is 3.73. The first-order valence-corrected chi connectivity index (χ1v) is 9.11. The minimum Gasteiger partial charge on any atom is -0.591 e. The molecule has 2 nitrogen and oxygen atoms in total. The van der Waals surface area contributed by atoms with Crippen LogP contribution in [0.4, 0.5) is 0 Å². The van der Waals surface area contributed by atoms with Gasteiger partial charge in [-0.25, -0.2) is 0 Å². The molecule has 0 amide bonds. The molecule has 1 unspecified atom stereocenters. The second-order valence-electron chi connectivity index (χ2n) is 6.19. The fourth-order valence-corrected chi connectivity index (χ4v) is 3.55. The van der Waals surface area contributed by atoms with E-state index in [0.717, 1.165) is 28.6 Å². The lowest BCUT2D eigenvalue weighted by atomic mass is 10.0. The number of benzene rings is 1. The van der Waals surface area contributed by atoms with Crippen molar-refractivity contribution in [1.29, 1.82) is 0 Å². The maximum absolute atomic E-state index is 12.4. The highest BCUT2D eigenvalue weighted by Crippen LogP contribution is 2.36. The van der Waals surface area contributed by atoms with Crippen molar-refractivity contribution < 1.29 is 4.55 Å². The van der Waals surface area contributed by atoms with E-state index in [1.54, 1.807) is 0 Å². The number of halogens is 2. The van der Waals surface area contributed by atoms with Crippen molar-refractivity contribution in [3.63, 3.8) is 0 Å². The van der Waals surface area contributed by atoms with Crippen LogP contribution in [0.15, 0.2) is 33.7 Å². The van der Waals surface area contributed by atoms with Gasteiger partial charge in [-0.05, 0) is 67.2 Å². The van der Waals surface area contributed by atoms with Gasteiger partial charge in [0.15, 0.2) is 0 Å². The van der Waals surface area contributed by atoms with Crippen LogP contribution in [-0.2, 0) is 17.8 Å². The van der Waals surface area contributed by atoms with Crippen molar-refractivity contribution in [3.8, 4) is 0 Å². The molecule has 0 bridgehead atoms. The van der Waals surface area contributed by atoms with Crippen LogP contribution in [-0.4, -0.2) is 15.0 Å². The Balaban J connectivity index is 2.49. The zero-order chi connectivity index (χ0) is 15.8.